The zero-order chi connectivity index (χ0) is 18.7. The van der Waals surface area contributed by atoms with Crippen LogP contribution in [0.3, 0.4) is 0 Å². The molecule has 0 spiro atoms. The molecule has 0 amide bonds. The maximum absolute atomic E-state index is 13.5. The number of benzene rings is 1. The summed E-state index contributed by atoms with van der Waals surface area (Å²) in [6, 6.07) is 3.32. The Kier molecular flexibility index (Phi) is 4.96. The largest absolute Gasteiger partial charge is 0.457 e. The molecule has 7 nitrogen and oxygen atoms in total. The molecule has 0 aliphatic carbocycles. The Hall–Kier alpha value is -3.24. The van der Waals surface area contributed by atoms with Crippen molar-refractivity contribution in [2.24, 2.45) is 0 Å². The van der Waals surface area contributed by atoms with Crippen LogP contribution in [-0.2, 0) is 6.61 Å². The second-order valence-electron chi connectivity index (χ2n) is 5.02. The first-order valence-electron chi connectivity index (χ1n) is 7.20. The van der Waals surface area contributed by atoms with Crippen LogP contribution in [0.25, 0.3) is 5.69 Å². The Labute approximate surface area is 144 Å². The van der Waals surface area contributed by atoms with Gasteiger partial charge in [-0.15, -0.1) is 5.10 Å². The molecule has 0 saturated carbocycles. The van der Waals surface area contributed by atoms with Crippen molar-refractivity contribution < 1.29 is 27.0 Å². The summed E-state index contributed by atoms with van der Waals surface area (Å²) >= 11 is 0. The number of halogens is 4. The van der Waals surface area contributed by atoms with Gasteiger partial charge in [-0.2, -0.15) is 13.8 Å². The Balaban J connectivity index is 1.72. The van der Waals surface area contributed by atoms with Gasteiger partial charge in [-0.3, -0.25) is 0 Å². The zero-order valence-corrected chi connectivity index (χ0v) is 13.2. The van der Waals surface area contributed by atoms with E-state index >= 15 is 0 Å². The van der Waals surface area contributed by atoms with Crippen LogP contribution in [0.1, 0.15) is 11.4 Å². The van der Waals surface area contributed by atoms with Gasteiger partial charge in [0.15, 0.2) is 17.4 Å². The van der Waals surface area contributed by atoms with E-state index in [1.165, 1.54) is 23.9 Å². The minimum Gasteiger partial charge on any atom is -0.457 e. The van der Waals surface area contributed by atoms with Gasteiger partial charge in [0.05, 0.1) is 23.8 Å². The van der Waals surface area contributed by atoms with Crippen molar-refractivity contribution in [3.63, 3.8) is 0 Å². The molecule has 3 rings (SSSR count). The fourth-order valence-corrected chi connectivity index (χ4v) is 1.95. The summed E-state index contributed by atoms with van der Waals surface area (Å²) in [5, 5.41) is 7.64. The lowest BCUT2D eigenvalue weighted by molar-refractivity contribution is -0.0521. The third kappa shape index (κ3) is 4.05. The van der Waals surface area contributed by atoms with Crippen molar-refractivity contribution in [3.8, 4) is 17.4 Å². The van der Waals surface area contributed by atoms with Crippen LogP contribution in [0.2, 0.25) is 0 Å². The highest BCUT2D eigenvalue weighted by atomic mass is 19.3. The maximum atomic E-state index is 13.5. The van der Waals surface area contributed by atoms with Crippen LogP contribution in [0, 0.1) is 18.6 Å². The zero-order valence-electron chi connectivity index (χ0n) is 13.2. The fraction of sp³-hybridized carbons (Fsp3) is 0.200. The third-order valence-corrected chi connectivity index (χ3v) is 3.18. The van der Waals surface area contributed by atoms with Gasteiger partial charge in [0.25, 0.3) is 0 Å². The fourth-order valence-electron chi connectivity index (χ4n) is 1.95. The second-order valence-corrected chi connectivity index (χ2v) is 5.02. The van der Waals surface area contributed by atoms with Gasteiger partial charge < -0.3 is 9.47 Å². The van der Waals surface area contributed by atoms with Crippen LogP contribution in [0.4, 0.5) is 17.6 Å². The predicted molar refractivity (Wildman–Crippen MR) is 79.0 cm³/mol. The van der Waals surface area contributed by atoms with Gasteiger partial charge in [-0.1, -0.05) is 5.21 Å². The Morgan fingerprint density at radius 2 is 2.00 bits per heavy atom. The van der Waals surface area contributed by atoms with Gasteiger partial charge in [0.1, 0.15) is 12.3 Å². The molecule has 3 aromatic rings. The quantitative estimate of drug-likeness (QED) is 0.622. The van der Waals surface area contributed by atoms with Gasteiger partial charge in [-0.05, 0) is 19.1 Å². The van der Waals surface area contributed by atoms with E-state index in [-0.39, 0.29) is 24.0 Å². The van der Waals surface area contributed by atoms with E-state index in [2.05, 4.69) is 25.0 Å². The molecule has 11 heteroatoms. The number of aryl methyl sites for hydroxylation is 1. The normalized spacial score (nSPS) is 11.0. The topological polar surface area (TPSA) is 75.0 Å². The minimum absolute atomic E-state index is 0.0344. The molecule has 0 bridgehead atoms. The molecule has 0 atom stereocenters. The van der Waals surface area contributed by atoms with E-state index in [1.807, 2.05) is 0 Å². The summed E-state index contributed by atoms with van der Waals surface area (Å²) in [7, 11) is 0. The highest BCUT2D eigenvalue weighted by Crippen LogP contribution is 2.22. The summed E-state index contributed by atoms with van der Waals surface area (Å²) in [6.07, 6.45) is 2.42. The van der Waals surface area contributed by atoms with E-state index in [0.717, 1.165) is 18.3 Å². The molecule has 0 aliphatic rings. The monoisotopic (exact) mass is 369 g/mol. The number of ether oxygens (including phenoxy) is 2. The van der Waals surface area contributed by atoms with E-state index < -0.39 is 24.0 Å². The number of hydrogen-bond acceptors (Lipinski definition) is 6. The SMILES string of the molecule is Cc1nc(OCc2cn(-c3ccc(F)c(OC(F)F)c3)nn2)ncc1F. The molecule has 0 saturated heterocycles. The number of rotatable bonds is 6. The van der Waals surface area contributed by atoms with Gasteiger partial charge in [0, 0.05) is 6.07 Å². The molecule has 26 heavy (non-hydrogen) atoms. The lowest BCUT2D eigenvalue weighted by Gasteiger charge is -2.07. The first-order valence-corrected chi connectivity index (χ1v) is 7.20. The van der Waals surface area contributed by atoms with Crippen LogP contribution in [-0.4, -0.2) is 31.6 Å². The van der Waals surface area contributed by atoms with Crippen molar-refractivity contribution in [1.82, 2.24) is 25.0 Å². The molecule has 2 heterocycles. The molecule has 136 valence electrons. The Bertz CT molecular complexity index is 919. The molecule has 0 fully saturated rings. The first-order chi connectivity index (χ1) is 12.4. The smallest absolute Gasteiger partial charge is 0.387 e. The third-order valence-electron chi connectivity index (χ3n) is 3.18. The Morgan fingerprint density at radius 3 is 2.73 bits per heavy atom. The lowest BCUT2D eigenvalue weighted by Crippen LogP contribution is -2.05. The molecular weight excluding hydrogens is 358 g/mol. The van der Waals surface area contributed by atoms with E-state index in [9.17, 15) is 17.6 Å². The van der Waals surface area contributed by atoms with Gasteiger partial charge >= 0.3 is 12.6 Å². The standard InChI is InChI=1S/C15H11F4N5O2/c1-8-12(17)5-20-15(21-8)25-7-9-6-24(23-22-9)10-2-3-11(16)13(4-10)26-14(18)19/h2-6,14H,7H2,1H3. The van der Waals surface area contributed by atoms with Crippen molar-refractivity contribution >= 4 is 0 Å². The number of alkyl halides is 2. The highest BCUT2D eigenvalue weighted by molar-refractivity contribution is 5.39. The molecule has 2 aromatic heterocycles. The summed E-state index contributed by atoms with van der Waals surface area (Å²) in [6.45, 7) is -1.75. The molecule has 0 radical (unpaired) electrons. The van der Waals surface area contributed by atoms with Gasteiger partial charge in [0.2, 0.25) is 0 Å². The lowest BCUT2D eigenvalue weighted by atomic mass is 10.3. The number of aromatic nitrogens is 5. The van der Waals surface area contributed by atoms with Crippen LogP contribution in [0.5, 0.6) is 11.8 Å². The van der Waals surface area contributed by atoms with Crippen LogP contribution in [0.15, 0.2) is 30.6 Å². The summed E-state index contributed by atoms with van der Waals surface area (Å²) < 4.78 is 61.7. The average molecular weight is 369 g/mol. The van der Waals surface area contributed by atoms with E-state index in [1.54, 1.807) is 0 Å². The van der Waals surface area contributed by atoms with E-state index in [4.69, 9.17) is 4.74 Å². The van der Waals surface area contributed by atoms with Crippen molar-refractivity contribution in [3.05, 3.63) is 53.6 Å². The van der Waals surface area contributed by atoms with E-state index in [0.29, 0.717) is 5.69 Å². The molecular formula is C15H11F4N5O2. The average Bonchev–Trinajstić information content (AvgIpc) is 3.06. The molecule has 0 unspecified atom stereocenters. The summed E-state index contributed by atoms with van der Waals surface area (Å²) in [4.78, 5) is 7.48. The highest BCUT2D eigenvalue weighted by Gasteiger charge is 2.13. The predicted octanol–water partition coefficient (Wildman–Crippen LogP) is 2.82. The molecule has 0 aliphatic heterocycles. The summed E-state index contributed by atoms with van der Waals surface area (Å²) in [5.74, 6) is -2.09. The van der Waals surface area contributed by atoms with Crippen molar-refractivity contribution in [1.29, 1.82) is 0 Å². The molecule has 1 aromatic carbocycles. The number of hydrogen-bond donors (Lipinski definition) is 0. The van der Waals surface area contributed by atoms with Crippen molar-refractivity contribution in [2.45, 2.75) is 20.1 Å². The Morgan fingerprint density at radius 1 is 1.19 bits per heavy atom. The van der Waals surface area contributed by atoms with Crippen LogP contribution >= 0.6 is 0 Å². The first kappa shape index (κ1) is 17.6. The summed E-state index contributed by atoms with van der Waals surface area (Å²) in [5.41, 5.74) is 0.752. The number of nitrogens with zero attached hydrogens (tertiary/aromatic N) is 5. The van der Waals surface area contributed by atoms with Crippen molar-refractivity contribution in [2.75, 3.05) is 0 Å². The maximum Gasteiger partial charge on any atom is 0.387 e. The molecule has 0 N–H and O–H groups in total. The minimum atomic E-state index is -3.15. The van der Waals surface area contributed by atoms with Crippen LogP contribution < -0.4 is 9.47 Å². The second kappa shape index (κ2) is 7.33. The van der Waals surface area contributed by atoms with Gasteiger partial charge in [-0.25, -0.2) is 18.4 Å².